The van der Waals surface area contributed by atoms with E-state index in [1.165, 1.54) is 9.13 Å². The molecule has 1 aromatic carbocycles. The molecule has 3 aromatic rings. The van der Waals surface area contributed by atoms with Crippen molar-refractivity contribution in [1.82, 2.24) is 18.7 Å². The standard InChI is InChI=1S/C19H25N5O2/c1-6-13(3)20-18-21-16-15(22(18)4)17(25)24(19(26)23(16)5)11-14-9-7-12(2)8-10-14/h7-10,13H,6,11H2,1-5H3,(H,20,21)/t13-/m0/s1. The van der Waals surface area contributed by atoms with Crippen LogP contribution in [0, 0.1) is 6.92 Å². The highest BCUT2D eigenvalue weighted by Crippen LogP contribution is 2.15. The van der Waals surface area contributed by atoms with Crippen molar-refractivity contribution in [2.75, 3.05) is 5.32 Å². The van der Waals surface area contributed by atoms with E-state index < -0.39 is 0 Å². The van der Waals surface area contributed by atoms with E-state index in [-0.39, 0.29) is 23.8 Å². The number of benzene rings is 1. The second-order valence-corrected chi connectivity index (χ2v) is 6.84. The Morgan fingerprint density at radius 2 is 1.77 bits per heavy atom. The molecule has 1 atom stereocenters. The Morgan fingerprint density at radius 3 is 2.38 bits per heavy atom. The van der Waals surface area contributed by atoms with Crippen molar-refractivity contribution in [3.63, 3.8) is 0 Å². The molecule has 7 nitrogen and oxygen atoms in total. The van der Waals surface area contributed by atoms with Crippen molar-refractivity contribution in [1.29, 1.82) is 0 Å². The number of rotatable bonds is 5. The molecule has 0 aliphatic heterocycles. The van der Waals surface area contributed by atoms with Crippen LogP contribution in [0.25, 0.3) is 11.2 Å². The van der Waals surface area contributed by atoms with Gasteiger partial charge in [-0.25, -0.2) is 4.79 Å². The van der Waals surface area contributed by atoms with Gasteiger partial charge in [0.2, 0.25) is 5.95 Å². The lowest BCUT2D eigenvalue weighted by Crippen LogP contribution is -2.39. The molecule has 1 N–H and O–H groups in total. The molecule has 2 heterocycles. The smallest absolute Gasteiger partial charge is 0.332 e. The number of hydrogen-bond acceptors (Lipinski definition) is 4. The van der Waals surface area contributed by atoms with Crippen molar-refractivity contribution in [3.8, 4) is 0 Å². The summed E-state index contributed by atoms with van der Waals surface area (Å²) in [5.41, 5.74) is 2.18. The maximum atomic E-state index is 13.0. The van der Waals surface area contributed by atoms with Gasteiger partial charge in [0.25, 0.3) is 5.56 Å². The van der Waals surface area contributed by atoms with Gasteiger partial charge in [-0.3, -0.25) is 13.9 Å². The topological polar surface area (TPSA) is 73.8 Å². The minimum Gasteiger partial charge on any atom is -0.353 e. The Kier molecular flexibility index (Phi) is 4.71. The predicted molar refractivity (Wildman–Crippen MR) is 104 cm³/mol. The van der Waals surface area contributed by atoms with Crippen molar-refractivity contribution in [2.45, 2.75) is 39.8 Å². The first kappa shape index (κ1) is 18.0. The summed E-state index contributed by atoms with van der Waals surface area (Å²) in [4.78, 5) is 30.2. The van der Waals surface area contributed by atoms with E-state index in [0.29, 0.717) is 17.1 Å². The number of aryl methyl sites for hydroxylation is 3. The van der Waals surface area contributed by atoms with Crippen molar-refractivity contribution < 1.29 is 0 Å². The third-order valence-electron chi connectivity index (χ3n) is 4.81. The van der Waals surface area contributed by atoms with Crippen LogP contribution in [-0.4, -0.2) is 24.7 Å². The number of anilines is 1. The van der Waals surface area contributed by atoms with Gasteiger partial charge in [-0.2, -0.15) is 4.98 Å². The molecule has 0 aliphatic carbocycles. The van der Waals surface area contributed by atoms with Crippen LogP contribution < -0.4 is 16.6 Å². The Bertz CT molecular complexity index is 1060. The number of hydrogen-bond donors (Lipinski definition) is 1. The number of fused-ring (bicyclic) bond motifs is 1. The highest BCUT2D eigenvalue weighted by Gasteiger charge is 2.19. The van der Waals surface area contributed by atoms with Crippen LogP contribution in [0.1, 0.15) is 31.4 Å². The SMILES string of the molecule is CC[C@H](C)Nc1nc2c(c(=O)n(Cc3ccc(C)cc3)c(=O)n2C)n1C. The fourth-order valence-electron chi connectivity index (χ4n) is 2.91. The van der Waals surface area contributed by atoms with E-state index >= 15 is 0 Å². The molecule has 0 aliphatic rings. The Labute approximate surface area is 151 Å². The lowest BCUT2D eigenvalue weighted by Gasteiger charge is -2.11. The summed E-state index contributed by atoms with van der Waals surface area (Å²) in [5.74, 6) is 0.592. The van der Waals surface area contributed by atoms with Crippen LogP contribution in [0.5, 0.6) is 0 Å². The number of nitrogens with zero attached hydrogens (tertiary/aromatic N) is 4. The Balaban J connectivity index is 2.16. The summed E-state index contributed by atoms with van der Waals surface area (Å²) in [7, 11) is 3.44. The maximum absolute atomic E-state index is 13.0. The van der Waals surface area contributed by atoms with Crippen LogP contribution in [-0.2, 0) is 20.6 Å². The summed E-state index contributed by atoms with van der Waals surface area (Å²) in [6.45, 7) is 6.36. The van der Waals surface area contributed by atoms with Gasteiger partial charge in [-0.15, -0.1) is 0 Å². The van der Waals surface area contributed by atoms with Gasteiger partial charge in [0.1, 0.15) is 0 Å². The first-order valence-electron chi connectivity index (χ1n) is 8.81. The minimum absolute atomic E-state index is 0.220. The first-order valence-corrected chi connectivity index (χ1v) is 8.81. The summed E-state index contributed by atoms with van der Waals surface area (Å²) in [5, 5.41) is 3.29. The molecule has 0 saturated carbocycles. The average molecular weight is 355 g/mol. The molecule has 2 aromatic heterocycles. The molecule has 7 heteroatoms. The van der Waals surface area contributed by atoms with E-state index in [0.717, 1.165) is 17.5 Å². The predicted octanol–water partition coefficient (Wildman–Crippen LogP) is 2.00. The first-order chi connectivity index (χ1) is 12.3. The molecule has 138 valence electrons. The third kappa shape index (κ3) is 3.05. The fraction of sp³-hybridized carbons (Fsp3) is 0.421. The van der Waals surface area contributed by atoms with E-state index in [2.05, 4.69) is 17.2 Å². The number of nitrogens with one attached hydrogen (secondary N) is 1. The molecule has 26 heavy (non-hydrogen) atoms. The second-order valence-electron chi connectivity index (χ2n) is 6.84. The fourth-order valence-corrected chi connectivity index (χ4v) is 2.91. The van der Waals surface area contributed by atoms with Crippen molar-refractivity contribution in [2.24, 2.45) is 14.1 Å². The van der Waals surface area contributed by atoms with Crippen LogP contribution in [0.3, 0.4) is 0 Å². The summed E-state index contributed by atoms with van der Waals surface area (Å²) in [6.07, 6.45) is 0.930. The largest absolute Gasteiger partial charge is 0.353 e. The Morgan fingerprint density at radius 1 is 1.12 bits per heavy atom. The molecule has 0 saturated heterocycles. The third-order valence-corrected chi connectivity index (χ3v) is 4.81. The van der Waals surface area contributed by atoms with Crippen LogP contribution in [0.2, 0.25) is 0 Å². The molecular formula is C19H25N5O2. The van der Waals surface area contributed by atoms with Gasteiger partial charge in [0.05, 0.1) is 6.54 Å². The van der Waals surface area contributed by atoms with Gasteiger partial charge in [-0.1, -0.05) is 36.8 Å². The average Bonchev–Trinajstić information content (AvgIpc) is 2.95. The minimum atomic E-state index is -0.365. The van der Waals surface area contributed by atoms with Crippen LogP contribution in [0.15, 0.2) is 33.9 Å². The maximum Gasteiger partial charge on any atom is 0.332 e. The van der Waals surface area contributed by atoms with Crippen LogP contribution in [0.4, 0.5) is 5.95 Å². The lowest BCUT2D eigenvalue weighted by atomic mass is 10.1. The highest BCUT2D eigenvalue weighted by atomic mass is 16.2. The molecule has 0 fully saturated rings. The number of imidazole rings is 1. The summed E-state index contributed by atoms with van der Waals surface area (Å²) >= 11 is 0. The molecule has 0 bridgehead atoms. The molecule has 0 spiro atoms. The molecule has 0 radical (unpaired) electrons. The van der Waals surface area contributed by atoms with Crippen molar-refractivity contribution >= 4 is 17.1 Å². The van der Waals surface area contributed by atoms with Crippen LogP contribution >= 0.6 is 0 Å². The number of aromatic nitrogens is 4. The normalized spacial score (nSPS) is 12.5. The molecule has 0 unspecified atom stereocenters. The lowest BCUT2D eigenvalue weighted by molar-refractivity contribution is 0.655. The molecular weight excluding hydrogens is 330 g/mol. The van der Waals surface area contributed by atoms with E-state index in [4.69, 9.17) is 0 Å². The zero-order valence-electron chi connectivity index (χ0n) is 15.9. The monoisotopic (exact) mass is 355 g/mol. The molecule has 3 rings (SSSR count). The van der Waals surface area contributed by atoms with Gasteiger partial charge in [0.15, 0.2) is 11.2 Å². The van der Waals surface area contributed by atoms with E-state index in [1.807, 2.05) is 38.1 Å². The van der Waals surface area contributed by atoms with E-state index in [9.17, 15) is 9.59 Å². The Hall–Kier alpha value is -2.83. The van der Waals surface area contributed by atoms with Gasteiger partial charge in [0, 0.05) is 20.1 Å². The molecule has 0 amide bonds. The van der Waals surface area contributed by atoms with Gasteiger partial charge < -0.3 is 9.88 Å². The zero-order valence-corrected chi connectivity index (χ0v) is 15.9. The van der Waals surface area contributed by atoms with Crippen molar-refractivity contribution in [3.05, 3.63) is 56.2 Å². The highest BCUT2D eigenvalue weighted by molar-refractivity contribution is 5.74. The quantitative estimate of drug-likeness (QED) is 0.760. The summed E-state index contributed by atoms with van der Waals surface area (Å²) < 4.78 is 4.43. The van der Waals surface area contributed by atoms with Gasteiger partial charge in [-0.05, 0) is 25.8 Å². The zero-order chi connectivity index (χ0) is 19.0. The van der Waals surface area contributed by atoms with E-state index in [1.54, 1.807) is 18.7 Å². The summed E-state index contributed by atoms with van der Waals surface area (Å²) in [6, 6.07) is 8.04. The second kappa shape index (κ2) is 6.82. The van der Waals surface area contributed by atoms with Gasteiger partial charge >= 0.3 is 5.69 Å².